The highest BCUT2D eigenvalue weighted by Crippen LogP contribution is 2.26. The zero-order valence-electron chi connectivity index (χ0n) is 23.2. The van der Waals surface area contributed by atoms with Crippen LogP contribution in [-0.2, 0) is 26.2 Å². The summed E-state index contributed by atoms with van der Waals surface area (Å²) in [6, 6.07) is 21.7. The van der Waals surface area contributed by atoms with Gasteiger partial charge in [-0.05, 0) is 68.7 Å². The smallest absolute Gasteiger partial charge is 0.264 e. The molecule has 9 heteroatoms. The third-order valence-electron chi connectivity index (χ3n) is 7.31. The van der Waals surface area contributed by atoms with E-state index in [1.165, 1.54) is 24.1 Å². The van der Waals surface area contributed by atoms with Crippen LogP contribution in [0.15, 0.2) is 83.8 Å². The van der Waals surface area contributed by atoms with Crippen molar-refractivity contribution in [3.63, 3.8) is 0 Å². The van der Waals surface area contributed by atoms with Crippen LogP contribution in [0.25, 0.3) is 0 Å². The molecule has 0 heterocycles. The van der Waals surface area contributed by atoms with Crippen molar-refractivity contribution < 1.29 is 22.7 Å². The predicted molar refractivity (Wildman–Crippen MR) is 156 cm³/mol. The van der Waals surface area contributed by atoms with Crippen molar-refractivity contribution in [3.05, 3.63) is 90.0 Å². The van der Waals surface area contributed by atoms with E-state index in [1.54, 1.807) is 43.3 Å². The first-order valence-electron chi connectivity index (χ1n) is 13.6. The lowest BCUT2D eigenvalue weighted by atomic mass is 10.1. The Morgan fingerprint density at radius 3 is 2.17 bits per heavy atom. The molecule has 1 N–H and O–H groups in total. The topological polar surface area (TPSA) is 96.0 Å². The molecule has 3 aromatic carbocycles. The number of benzene rings is 3. The molecule has 40 heavy (non-hydrogen) atoms. The number of aryl methyl sites for hydroxylation is 1. The molecule has 0 aromatic heterocycles. The van der Waals surface area contributed by atoms with Gasteiger partial charge in [0.15, 0.2) is 0 Å². The summed E-state index contributed by atoms with van der Waals surface area (Å²) >= 11 is 0. The number of carbonyl (C=O) groups is 2. The molecule has 0 aliphatic heterocycles. The van der Waals surface area contributed by atoms with Crippen LogP contribution in [0.3, 0.4) is 0 Å². The highest BCUT2D eigenvalue weighted by molar-refractivity contribution is 7.92. The van der Waals surface area contributed by atoms with Crippen molar-refractivity contribution in [1.29, 1.82) is 0 Å². The Hall–Kier alpha value is -3.85. The van der Waals surface area contributed by atoms with Gasteiger partial charge in [0.1, 0.15) is 18.3 Å². The van der Waals surface area contributed by atoms with Crippen molar-refractivity contribution in [1.82, 2.24) is 10.2 Å². The fourth-order valence-corrected chi connectivity index (χ4v) is 6.28. The van der Waals surface area contributed by atoms with Crippen LogP contribution in [0.5, 0.6) is 5.75 Å². The Labute approximate surface area is 237 Å². The number of hydrogen-bond acceptors (Lipinski definition) is 5. The van der Waals surface area contributed by atoms with Gasteiger partial charge < -0.3 is 15.0 Å². The number of hydrogen-bond donors (Lipinski definition) is 1. The SMILES string of the molecule is COc1ccc(S(=O)(=O)N(CC(=O)N(Cc2ccccc2)C(C)C(=O)NC2CCCC2)c2ccc(C)cc2)cc1. The summed E-state index contributed by atoms with van der Waals surface area (Å²) in [6.45, 7) is 3.30. The van der Waals surface area contributed by atoms with Crippen molar-refractivity contribution in [3.8, 4) is 5.75 Å². The minimum absolute atomic E-state index is 0.0308. The second-order valence-corrected chi connectivity index (χ2v) is 12.1. The molecular weight excluding hydrogens is 526 g/mol. The molecule has 1 saturated carbocycles. The van der Waals surface area contributed by atoms with E-state index in [0.717, 1.165) is 41.1 Å². The van der Waals surface area contributed by atoms with Crippen LogP contribution in [0, 0.1) is 6.92 Å². The second-order valence-electron chi connectivity index (χ2n) is 10.2. The molecule has 1 fully saturated rings. The van der Waals surface area contributed by atoms with Gasteiger partial charge in [-0.15, -0.1) is 0 Å². The molecule has 0 saturated heterocycles. The number of carbonyl (C=O) groups excluding carboxylic acids is 2. The van der Waals surface area contributed by atoms with Crippen LogP contribution in [0.4, 0.5) is 5.69 Å². The van der Waals surface area contributed by atoms with Crippen LogP contribution in [0.2, 0.25) is 0 Å². The molecule has 0 radical (unpaired) electrons. The first kappa shape index (κ1) is 29.1. The van der Waals surface area contributed by atoms with E-state index in [1.807, 2.05) is 37.3 Å². The number of rotatable bonds is 11. The maximum atomic E-state index is 14.0. The van der Waals surface area contributed by atoms with Gasteiger partial charge in [0.2, 0.25) is 11.8 Å². The van der Waals surface area contributed by atoms with Gasteiger partial charge in [-0.1, -0.05) is 60.9 Å². The lowest BCUT2D eigenvalue weighted by molar-refractivity contribution is -0.139. The highest BCUT2D eigenvalue weighted by Gasteiger charge is 2.33. The van der Waals surface area contributed by atoms with E-state index in [2.05, 4.69) is 5.32 Å². The fourth-order valence-electron chi connectivity index (χ4n) is 4.87. The monoisotopic (exact) mass is 563 g/mol. The first-order chi connectivity index (χ1) is 19.2. The third-order valence-corrected chi connectivity index (χ3v) is 9.10. The van der Waals surface area contributed by atoms with E-state index in [4.69, 9.17) is 4.74 Å². The molecule has 0 spiro atoms. The van der Waals surface area contributed by atoms with Gasteiger partial charge in [-0.25, -0.2) is 8.42 Å². The van der Waals surface area contributed by atoms with Gasteiger partial charge in [0, 0.05) is 12.6 Å². The van der Waals surface area contributed by atoms with Gasteiger partial charge >= 0.3 is 0 Å². The van der Waals surface area contributed by atoms with Gasteiger partial charge in [0.25, 0.3) is 10.0 Å². The number of sulfonamides is 1. The highest BCUT2D eigenvalue weighted by atomic mass is 32.2. The maximum Gasteiger partial charge on any atom is 0.264 e. The summed E-state index contributed by atoms with van der Waals surface area (Å²) in [5, 5.41) is 3.08. The Bertz CT molecular complexity index is 1390. The van der Waals surface area contributed by atoms with Crippen molar-refractivity contribution in [2.24, 2.45) is 0 Å². The normalized spacial score (nSPS) is 14.4. The van der Waals surface area contributed by atoms with Crippen LogP contribution < -0.4 is 14.4 Å². The molecule has 3 aromatic rings. The van der Waals surface area contributed by atoms with Crippen molar-refractivity contribution >= 4 is 27.5 Å². The molecule has 212 valence electrons. The predicted octanol–water partition coefficient (Wildman–Crippen LogP) is 4.68. The second kappa shape index (κ2) is 13.0. The number of methoxy groups -OCH3 is 1. The van der Waals surface area contributed by atoms with Crippen molar-refractivity contribution in [2.45, 2.75) is 63.1 Å². The molecule has 8 nitrogen and oxygen atoms in total. The lowest BCUT2D eigenvalue weighted by Gasteiger charge is -2.32. The summed E-state index contributed by atoms with van der Waals surface area (Å²) in [5.41, 5.74) is 2.16. The van der Waals surface area contributed by atoms with Crippen molar-refractivity contribution in [2.75, 3.05) is 18.0 Å². The Kier molecular flexibility index (Phi) is 9.47. The first-order valence-corrected chi connectivity index (χ1v) is 15.0. The van der Waals surface area contributed by atoms with Crippen LogP contribution >= 0.6 is 0 Å². The summed E-state index contributed by atoms with van der Waals surface area (Å²) in [6.07, 6.45) is 3.99. The molecule has 1 aliphatic rings. The standard InChI is InChI=1S/C31H37N3O5S/c1-23-13-15-27(16-14-23)34(40(37,38)29-19-17-28(39-3)18-20-29)22-30(35)33(21-25-9-5-4-6-10-25)24(2)31(36)32-26-11-7-8-12-26/h4-6,9-10,13-20,24,26H,7-8,11-12,21-22H2,1-3H3,(H,32,36). The zero-order chi connectivity index (χ0) is 28.7. The largest absolute Gasteiger partial charge is 0.497 e. The molecule has 1 unspecified atom stereocenters. The van der Waals surface area contributed by atoms with Gasteiger partial charge in [-0.3, -0.25) is 13.9 Å². The average Bonchev–Trinajstić information content (AvgIpc) is 3.48. The summed E-state index contributed by atoms with van der Waals surface area (Å²) in [5.74, 6) is -0.195. The molecule has 1 atom stereocenters. The summed E-state index contributed by atoms with van der Waals surface area (Å²) < 4.78 is 34.1. The lowest BCUT2D eigenvalue weighted by Crippen LogP contribution is -2.52. The minimum Gasteiger partial charge on any atom is -0.497 e. The van der Waals surface area contributed by atoms with Crippen LogP contribution in [-0.4, -0.2) is 50.9 Å². The molecule has 2 amide bonds. The van der Waals surface area contributed by atoms with E-state index in [9.17, 15) is 18.0 Å². The quantitative estimate of drug-likeness (QED) is 0.366. The van der Waals surface area contributed by atoms with Gasteiger partial charge in [0.05, 0.1) is 17.7 Å². The molecule has 0 bridgehead atoms. The van der Waals surface area contributed by atoms with Gasteiger partial charge in [-0.2, -0.15) is 0 Å². The number of anilines is 1. The zero-order valence-corrected chi connectivity index (χ0v) is 24.1. The third kappa shape index (κ3) is 7.01. The number of nitrogens with one attached hydrogen (secondary N) is 1. The van der Waals surface area contributed by atoms with E-state index in [0.29, 0.717) is 11.4 Å². The Morgan fingerprint density at radius 2 is 1.57 bits per heavy atom. The minimum atomic E-state index is -4.13. The molecule has 1 aliphatic carbocycles. The number of nitrogens with zero attached hydrogens (tertiary/aromatic N) is 2. The van der Waals surface area contributed by atoms with E-state index < -0.39 is 28.5 Å². The summed E-state index contributed by atoms with van der Waals surface area (Å²) in [4.78, 5) is 28.7. The maximum absolute atomic E-state index is 14.0. The molecular formula is C31H37N3O5S. The average molecular weight is 564 g/mol. The Balaban J connectivity index is 1.66. The fraction of sp³-hybridized carbons (Fsp3) is 0.355. The number of amides is 2. The van der Waals surface area contributed by atoms with E-state index in [-0.39, 0.29) is 23.4 Å². The van der Waals surface area contributed by atoms with Crippen LogP contribution in [0.1, 0.15) is 43.7 Å². The molecule has 4 rings (SSSR count). The summed E-state index contributed by atoms with van der Waals surface area (Å²) in [7, 11) is -2.62. The number of ether oxygens (including phenoxy) is 1. The Morgan fingerprint density at radius 1 is 0.950 bits per heavy atom. The van der Waals surface area contributed by atoms with E-state index >= 15 is 0 Å².